The monoisotopic (exact) mass is 378 g/mol. The van der Waals surface area contributed by atoms with Gasteiger partial charge in [-0.1, -0.05) is 17.7 Å². The van der Waals surface area contributed by atoms with Crippen LogP contribution >= 0.6 is 11.6 Å². The molecule has 1 amide bonds. The van der Waals surface area contributed by atoms with Gasteiger partial charge in [-0.15, -0.1) is 0 Å². The molecule has 128 valence electrons. The van der Waals surface area contributed by atoms with E-state index in [1.165, 1.54) is 24.3 Å². The summed E-state index contributed by atoms with van der Waals surface area (Å²) in [6, 6.07) is 7.45. The molecule has 0 aliphatic rings. The topological polar surface area (TPSA) is 89.3 Å². The average Bonchev–Trinajstić information content (AvgIpc) is 2.46. The number of anilines is 1. The van der Waals surface area contributed by atoms with E-state index in [9.17, 15) is 26.4 Å². The number of nitrogens with two attached hydrogens (primary N) is 1. The van der Waals surface area contributed by atoms with Gasteiger partial charge in [-0.25, -0.2) is 8.42 Å². The molecule has 0 aromatic heterocycles. The lowest BCUT2D eigenvalue weighted by molar-refractivity contribution is -0.137. The van der Waals surface area contributed by atoms with Crippen molar-refractivity contribution in [3.8, 4) is 0 Å². The molecule has 0 spiro atoms. The lowest BCUT2D eigenvalue weighted by Gasteiger charge is -2.13. The van der Waals surface area contributed by atoms with E-state index in [1.54, 1.807) is 0 Å². The van der Waals surface area contributed by atoms with Crippen LogP contribution in [0.5, 0.6) is 0 Å². The Labute approximate surface area is 140 Å². The van der Waals surface area contributed by atoms with Crippen LogP contribution in [0.3, 0.4) is 0 Å². The molecule has 2 aromatic carbocycles. The van der Waals surface area contributed by atoms with Gasteiger partial charge in [0, 0.05) is 11.3 Å². The molecule has 2 aromatic rings. The Balaban J connectivity index is 2.41. The van der Waals surface area contributed by atoms with Crippen molar-refractivity contribution < 1.29 is 26.4 Å². The van der Waals surface area contributed by atoms with Crippen molar-refractivity contribution in [3.63, 3.8) is 0 Å². The zero-order valence-electron chi connectivity index (χ0n) is 11.8. The Hall–Kier alpha value is -2.26. The summed E-state index contributed by atoms with van der Waals surface area (Å²) < 4.78 is 65.1. The summed E-state index contributed by atoms with van der Waals surface area (Å²) in [5, 5.41) is -0.614. The van der Waals surface area contributed by atoms with E-state index in [2.05, 4.69) is 4.72 Å². The van der Waals surface area contributed by atoms with Crippen molar-refractivity contribution in [2.24, 2.45) is 5.73 Å². The molecule has 3 N–H and O–H groups in total. The van der Waals surface area contributed by atoms with Crippen LogP contribution in [0, 0.1) is 0 Å². The highest BCUT2D eigenvalue weighted by molar-refractivity contribution is 7.92. The molecule has 5 nitrogen and oxygen atoms in total. The Morgan fingerprint density at radius 3 is 2.38 bits per heavy atom. The van der Waals surface area contributed by atoms with Gasteiger partial charge in [0.25, 0.3) is 10.0 Å². The van der Waals surface area contributed by atoms with E-state index < -0.39 is 37.6 Å². The molecule has 24 heavy (non-hydrogen) atoms. The number of primary amides is 1. The van der Waals surface area contributed by atoms with Gasteiger partial charge in [0.15, 0.2) is 0 Å². The van der Waals surface area contributed by atoms with Crippen molar-refractivity contribution in [3.05, 3.63) is 58.6 Å². The SMILES string of the molecule is NC(=O)c1cccc(NS(=O)(=O)c2ccc(Cl)c(C(F)(F)F)c2)c1. The van der Waals surface area contributed by atoms with Crippen molar-refractivity contribution in [1.82, 2.24) is 0 Å². The number of carbonyl (C=O) groups is 1. The predicted molar refractivity (Wildman–Crippen MR) is 82.2 cm³/mol. The number of nitrogens with one attached hydrogen (secondary N) is 1. The normalized spacial score (nSPS) is 12.0. The fourth-order valence-corrected chi connectivity index (χ4v) is 3.14. The van der Waals surface area contributed by atoms with Gasteiger partial charge in [0.05, 0.1) is 15.5 Å². The van der Waals surface area contributed by atoms with Gasteiger partial charge >= 0.3 is 6.18 Å². The third kappa shape index (κ3) is 3.98. The molecular weight excluding hydrogens is 369 g/mol. The molecule has 0 aliphatic heterocycles. The zero-order valence-corrected chi connectivity index (χ0v) is 13.3. The molecule has 10 heteroatoms. The number of rotatable bonds is 4. The van der Waals surface area contributed by atoms with Crippen LogP contribution in [0.1, 0.15) is 15.9 Å². The first-order valence-electron chi connectivity index (χ1n) is 6.30. The minimum Gasteiger partial charge on any atom is -0.366 e. The minimum atomic E-state index is -4.80. The van der Waals surface area contributed by atoms with Gasteiger partial charge < -0.3 is 5.73 Å². The summed E-state index contributed by atoms with van der Waals surface area (Å²) in [4.78, 5) is 10.5. The van der Waals surface area contributed by atoms with Crippen LogP contribution < -0.4 is 10.5 Å². The molecule has 0 bridgehead atoms. The van der Waals surface area contributed by atoms with E-state index in [4.69, 9.17) is 17.3 Å². The summed E-state index contributed by atoms with van der Waals surface area (Å²) in [6.45, 7) is 0. The Morgan fingerprint density at radius 2 is 1.79 bits per heavy atom. The van der Waals surface area contributed by atoms with Crippen molar-refractivity contribution in [2.45, 2.75) is 11.1 Å². The number of hydrogen-bond donors (Lipinski definition) is 2. The molecule has 2 rings (SSSR count). The van der Waals surface area contributed by atoms with Gasteiger partial charge in [-0.2, -0.15) is 13.2 Å². The summed E-state index contributed by atoms with van der Waals surface area (Å²) in [7, 11) is -4.32. The van der Waals surface area contributed by atoms with Crippen LogP contribution in [-0.2, 0) is 16.2 Å². The van der Waals surface area contributed by atoms with Crippen LogP contribution in [0.15, 0.2) is 47.4 Å². The molecule has 0 unspecified atom stereocenters. The average molecular weight is 379 g/mol. The largest absolute Gasteiger partial charge is 0.417 e. The van der Waals surface area contributed by atoms with Crippen molar-refractivity contribution in [1.29, 1.82) is 0 Å². The molecule has 0 heterocycles. The molecule has 0 fully saturated rings. The second-order valence-electron chi connectivity index (χ2n) is 4.69. The number of benzene rings is 2. The highest BCUT2D eigenvalue weighted by Gasteiger charge is 2.34. The number of carbonyl (C=O) groups excluding carboxylic acids is 1. The number of amides is 1. The maximum absolute atomic E-state index is 12.8. The third-order valence-electron chi connectivity index (χ3n) is 2.95. The second kappa shape index (κ2) is 6.33. The Bertz CT molecular complexity index is 898. The molecule has 0 saturated carbocycles. The van der Waals surface area contributed by atoms with Gasteiger partial charge in [-0.3, -0.25) is 9.52 Å². The van der Waals surface area contributed by atoms with E-state index >= 15 is 0 Å². The Morgan fingerprint density at radius 1 is 1.12 bits per heavy atom. The molecular formula is C14H10ClF3N2O3S. The minimum absolute atomic E-state index is 0.0187. The number of sulfonamides is 1. The van der Waals surface area contributed by atoms with Crippen molar-refractivity contribution in [2.75, 3.05) is 4.72 Å². The lowest BCUT2D eigenvalue weighted by Crippen LogP contribution is -2.16. The first-order chi connectivity index (χ1) is 11.0. The highest BCUT2D eigenvalue weighted by Crippen LogP contribution is 2.36. The first kappa shape index (κ1) is 18.1. The van der Waals surface area contributed by atoms with Gasteiger partial charge in [-0.05, 0) is 36.4 Å². The highest BCUT2D eigenvalue weighted by atomic mass is 35.5. The van der Waals surface area contributed by atoms with Crippen molar-refractivity contribution >= 4 is 33.2 Å². The summed E-state index contributed by atoms with van der Waals surface area (Å²) in [5.74, 6) is -0.776. The molecule has 0 aliphatic carbocycles. The summed E-state index contributed by atoms with van der Waals surface area (Å²) in [5.41, 5.74) is 3.85. The maximum Gasteiger partial charge on any atom is 0.417 e. The summed E-state index contributed by atoms with van der Waals surface area (Å²) in [6.07, 6.45) is -4.80. The lowest BCUT2D eigenvalue weighted by atomic mass is 10.2. The Kier molecular flexibility index (Phi) is 4.77. The van der Waals surface area contributed by atoms with E-state index in [-0.39, 0.29) is 11.3 Å². The second-order valence-corrected chi connectivity index (χ2v) is 6.78. The zero-order chi connectivity index (χ0) is 18.1. The van der Waals surface area contributed by atoms with Crippen LogP contribution in [0.2, 0.25) is 5.02 Å². The smallest absolute Gasteiger partial charge is 0.366 e. The molecule has 0 saturated heterocycles. The third-order valence-corrected chi connectivity index (χ3v) is 4.66. The number of alkyl halides is 3. The van der Waals surface area contributed by atoms with Crippen LogP contribution in [0.25, 0.3) is 0 Å². The van der Waals surface area contributed by atoms with Crippen LogP contribution in [-0.4, -0.2) is 14.3 Å². The van der Waals surface area contributed by atoms with Crippen LogP contribution in [0.4, 0.5) is 18.9 Å². The molecule has 0 atom stereocenters. The number of hydrogen-bond acceptors (Lipinski definition) is 3. The first-order valence-corrected chi connectivity index (χ1v) is 8.16. The maximum atomic E-state index is 12.8. The van der Waals surface area contributed by atoms with E-state index in [0.717, 1.165) is 12.1 Å². The van der Waals surface area contributed by atoms with E-state index in [1.807, 2.05) is 0 Å². The van der Waals surface area contributed by atoms with E-state index in [0.29, 0.717) is 6.07 Å². The summed E-state index contributed by atoms with van der Waals surface area (Å²) >= 11 is 5.46. The van der Waals surface area contributed by atoms with Gasteiger partial charge in [0.1, 0.15) is 0 Å². The quantitative estimate of drug-likeness (QED) is 0.855. The molecule has 0 radical (unpaired) electrons. The standard InChI is InChI=1S/C14H10ClF3N2O3S/c15-12-5-4-10(7-11(12)14(16,17)18)24(22,23)20-9-3-1-2-8(6-9)13(19)21/h1-7,20H,(H2,19,21). The van der Waals surface area contributed by atoms with Gasteiger partial charge in [0.2, 0.25) is 5.91 Å². The predicted octanol–water partition coefficient (Wildman–Crippen LogP) is 3.26. The fourth-order valence-electron chi connectivity index (χ4n) is 1.84. The number of halogens is 4. The fraction of sp³-hybridized carbons (Fsp3) is 0.0714.